The molecule has 2 aliphatic rings. The maximum Gasteiger partial charge on any atom is 0.128 e. The predicted molar refractivity (Wildman–Crippen MR) is 88.6 cm³/mol. The van der Waals surface area contributed by atoms with E-state index in [1.165, 1.54) is 69.4 Å². The van der Waals surface area contributed by atoms with Crippen molar-refractivity contribution in [1.29, 1.82) is 0 Å². The van der Waals surface area contributed by atoms with Crippen LogP contribution in [0, 0.1) is 5.92 Å². The summed E-state index contributed by atoms with van der Waals surface area (Å²) in [5.41, 5.74) is 1.31. The molecule has 21 heavy (non-hydrogen) atoms. The highest BCUT2D eigenvalue weighted by atomic mass is 15.2. The maximum absolute atomic E-state index is 4.70. The normalized spacial score (nSPS) is 23.1. The van der Waals surface area contributed by atoms with Crippen molar-refractivity contribution in [2.45, 2.75) is 64.5 Å². The molecule has 1 atom stereocenters. The summed E-state index contributed by atoms with van der Waals surface area (Å²) in [7, 11) is 0. The van der Waals surface area contributed by atoms with E-state index in [1.807, 2.05) is 0 Å². The van der Waals surface area contributed by atoms with Crippen LogP contribution in [0.4, 0.5) is 5.82 Å². The van der Waals surface area contributed by atoms with Gasteiger partial charge in [0.25, 0.3) is 0 Å². The van der Waals surface area contributed by atoms with Crippen LogP contribution in [-0.2, 0) is 6.54 Å². The van der Waals surface area contributed by atoms with E-state index in [4.69, 9.17) is 4.98 Å². The zero-order valence-corrected chi connectivity index (χ0v) is 13.4. The SMILES string of the molecule is CCCC1CCCN(c2ccc(CNC3CC3)cn2)CC1. The summed E-state index contributed by atoms with van der Waals surface area (Å²) in [4.78, 5) is 7.18. The van der Waals surface area contributed by atoms with Gasteiger partial charge in [-0.2, -0.15) is 0 Å². The van der Waals surface area contributed by atoms with Crippen LogP contribution in [-0.4, -0.2) is 24.1 Å². The monoisotopic (exact) mass is 287 g/mol. The van der Waals surface area contributed by atoms with Gasteiger partial charge >= 0.3 is 0 Å². The van der Waals surface area contributed by atoms with Gasteiger partial charge in [0.2, 0.25) is 0 Å². The van der Waals surface area contributed by atoms with Gasteiger partial charge in [0.05, 0.1) is 0 Å². The van der Waals surface area contributed by atoms with E-state index in [0.717, 1.165) is 18.5 Å². The van der Waals surface area contributed by atoms with Crippen LogP contribution in [0.1, 0.15) is 57.4 Å². The first-order valence-corrected chi connectivity index (χ1v) is 8.78. The molecule has 0 radical (unpaired) electrons. The number of hydrogen-bond acceptors (Lipinski definition) is 3. The number of rotatable bonds is 6. The first-order chi connectivity index (χ1) is 10.3. The molecule has 0 bridgehead atoms. The van der Waals surface area contributed by atoms with Gasteiger partial charge in [-0.3, -0.25) is 0 Å². The molecule has 116 valence electrons. The summed E-state index contributed by atoms with van der Waals surface area (Å²) in [6.45, 7) is 5.62. The molecule has 1 saturated carbocycles. The van der Waals surface area contributed by atoms with Crippen molar-refractivity contribution in [3.63, 3.8) is 0 Å². The molecule has 1 unspecified atom stereocenters. The molecule has 1 aliphatic heterocycles. The highest BCUT2D eigenvalue weighted by molar-refractivity contribution is 5.39. The van der Waals surface area contributed by atoms with E-state index in [1.54, 1.807) is 0 Å². The fraction of sp³-hybridized carbons (Fsp3) is 0.722. The molecular formula is C18H29N3. The Kier molecular flexibility index (Phi) is 5.13. The molecule has 1 aromatic heterocycles. The maximum atomic E-state index is 4.70. The zero-order valence-electron chi connectivity index (χ0n) is 13.4. The second-order valence-electron chi connectivity index (χ2n) is 6.75. The molecule has 2 fully saturated rings. The minimum Gasteiger partial charge on any atom is -0.357 e. The Hall–Kier alpha value is -1.09. The molecule has 1 N–H and O–H groups in total. The second kappa shape index (κ2) is 7.26. The van der Waals surface area contributed by atoms with Gasteiger partial charge in [-0.05, 0) is 49.7 Å². The van der Waals surface area contributed by atoms with Gasteiger partial charge in [-0.15, -0.1) is 0 Å². The van der Waals surface area contributed by atoms with Crippen LogP contribution in [0.15, 0.2) is 18.3 Å². The molecule has 3 nitrogen and oxygen atoms in total. The van der Waals surface area contributed by atoms with Crippen molar-refractivity contribution >= 4 is 5.82 Å². The van der Waals surface area contributed by atoms with Crippen molar-refractivity contribution in [2.24, 2.45) is 5.92 Å². The molecule has 3 heteroatoms. The molecule has 1 aliphatic carbocycles. The highest BCUT2D eigenvalue weighted by Crippen LogP contribution is 2.24. The summed E-state index contributed by atoms with van der Waals surface area (Å²) in [6, 6.07) is 5.22. The number of anilines is 1. The largest absolute Gasteiger partial charge is 0.357 e. The number of hydrogen-bond donors (Lipinski definition) is 1. The van der Waals surface area contributed by atoms with Crippen LogP contribution in [0.25, 0.3) is 0 Å². The Morgan fingerprint density at radius 3 is 2.81 bits per heavy atom. The quantitative estimate of drug-likeness (QED) is 0.864. The predicted octanol–water partition coefficient (Wildman–Crippen LogP) is 3.74. The van der Waals surface area contributed by atoms with Crippen molar-refractivity contribution in [1.82, 2.24) is 10.3 Å². The van der Waals surface area contributed by atoms with E-state index in [-0.39, 0.29) is 0 Å². The molecular weight excluding hydrogens is 258 g/mol. The Labute approximate surface area is 129 Å². The average molecular weight is 287 g/mol. The van der Waals surface area contributed by atoms with Gasteiger partial charge in [-0.25, -0.2) is 4.98 Å². The number of nitrogens with one attached hydrogen (secondary N) is 1. The van der Waals surface area contributed by atoms with E-state index in [2.05, 4.69) is 35.5 Å². The third kappa shape index (κ3) is 4.44. The lowest BCUT2D eigenvalue weighted by atomic mass is 9.96. The number of aromatic nitrogens is 1. The van der Waals surface area contributed by atoms with Crippen molar-refractivity contribution in [2.75, 3.05) is 18.0 Å². The lowest BCUT2D eigenvalue weighted by molar-refractivity contribution is 0.435. The van der Waals surface area contributed by atoms with E-state index >= 15 is 0 Å². The third-order valence-corrected chi connectivity index (χ3v) is 4.85. The van der Waals surface area contributed by atoms with Crippen LogP contribution < -0.4 is 10.2 Å². The fourth-order valence-corrected chi connectivity index (χ4v) is 3.35. The zero-order chi connectivity index (χ0) is 14.5. The minimum absolute atomic E-state index is 0.769. The molecule has 2 heterocycles. The topological polar surface area (TPSA) is 28.2 Å². The smallest absolute Gasteiger partial charge is 0.128 e. The highest BCUT2D eigenvalue weighted by Gasteiger charge is 2.20. The van der Waals surface area contributed by atoms with Gasteiger partial charge in [0.1, 0.15) is 5.82 Å². The van der Waals surface area contributed by atoms with Crippen LogP contribution in [0.2, 0.25) is 0 Å². The summed E-state index contributed by atoms with van der Waals surface area (Å²) < 4.78 is 0. The van der Waals surface area contributed by atoms with E-state index in [0.29, 0.717) is 0 Å². The summed E-state index contributed by atoms with van der Waals surface area (Å²) in [6.07, 6.45) is 11.5. The Morgan fingerprint density at radius 1 is 1.19 bits per heavy atom. The number of pyridine rings is 1. The molecule has 1 saturated heterocycles. The van der Waals surface area contributed by atoms with Gasteiger partial charge in [0, 0.05) is 31.9 Å². The molecule has 0 spiro atoms. The van der Waals surface area contributed by atoms with Gasteiger partial charge in [0.15, 0.2) is 0 Å². The lowest BCUT2D eigenvalue weighted by Gasteiger charge is -2.22. The number of nitrogens with zero attached hydrogens (tertiary/aromatic N) is 2. The fourth-order valence-electron chi connectivity index (χ4n) is 3.35. The molecule has 1 aromatic rings. The third-order valence-electron chi connectivity index (χ3n) is 4.85. The minimum atomic E-state index is 0.769. The van der Waals surface area contributed by atoms with Crippen molar-refractivity contribution < 1.29 is 0 Å². The van der Waals surface area contributed by atoms with Crippen LogP contribution in [0.3, 0.4) is 0 Å². The van der Waals surface area contributed by atoms with Crippen molar-refractivity contribution in [3.8, 4) is 0 Å². The summed E-state index contributed by atoms with van der Waals surface area (Å²) in [5, 5.41) is 3.55. The molecule has 0 aromatic carbocycles. The lowest BCUT2D eigenvalue weighted by Crippen LogP contribution is -2.25. The Morgan fingerprint density at radius 2 is 2.10 bits per heavy atom. The van der Waals surface area contributed by atoms with Crippen LogP contribution >= 0.6 is 0 Å². The first kappa shape index (κ1) is 14.8. The van der Waals surface area contributed by atoms with E-state index < -0.39 is 0 Å². The summed E-state index contributed by atoms with van der Waals surface area (Å²) in [5.74, 6) is 2.10. The Balaban J connectivity index is 1.53. The first-order valence-electron chi connectivity index (χ1n) is 8.78. The van der Waals surface area contributed by atoms with Crippen molar-refractivity contribution in [3.05, 3.63) is 23.9 Å². The van der Waals surface area contributed by atoms with Crippen LogP contribution in [0.5, 0.6) is 0 Å². The van der Waals surface area contributed by atoms with Gasteiger partial charge < -0.3 is 10.2 Å². The van der Waals surface area contributed by atoms with E-state index in [9.17, 15) is 0 Å². The second-order valence-corrected chi connectivity index (χ2v) is 6.75. The average Bonchev–Trinajstić information content (AvgIpc) is 3.34. The van der Waals surface area contributed by atoms with Gasteiger partial charge in [-0.1, -0.05) is 25.8 Å². The summed E-state index contributed by atoms with van der Waals surface area (Å²) >= 11 is 0. The standard InChI is InChI=1S/C18H29N3/c1-2-4-15-5-3-11-21(12-10-15)18-9-6-16(14-20-18)13-19-17-7-8-17/h6,9,14-15,17,19H,2-5,7-8,10-13H2,1H3. The Bertz CT molecular complexity index is 425. The molecule has 0 amide bonds. The molecule has 3 rings (SSSR count).